The molecule has 2 aromatic carbocycles. The molecular weight excluding hydrogens is 352 g/mol. The smallest absolute Gasteiger partial charge is 0.337 e. The summed E-state index contributed by atoms with van der Waals surface area (Å²) < 4.78 is 4.91. The molecule has 1 amide bonds. The van der Waals surface area contributed by atoms with Crippen molar-refractivity contribution in [3.8, 4) is 0 Å². The highest BCUT2D eigenvalue weighted by Crippen LogP contribution is 2.42. The molecule has 1 fully saturated rings. The van der Waals surface area contributed by atoms with Crippen LogP contribution in [0.3, 0.4) is 0 Å². The van der Waals surface area contributed by atoms with Gasteiger partial charge in [0.05, 0.1) is 12.7 Å². The quantitative estimate of drug-likeness (QED) is 0.765. The van der Waals surface area contributed by atoms with Crippen molar-refractivity contribution in [2.45, 2.75) is 18.3 Å². The third kappa shape index (κ3) is 3.80. The van der Waals surface area contributed by atoms with Crippen LogP contribution < -0.4 is 0 Å². The summed E-state index contributed by atoms with van der Waals surface area (Å²) in [6, 6.07) is 15.7. The van der Waals surface area contributed by atoms with E-state index >= 15 is 0 Å². The van der Waals surface area contributed by atoms with Crippen molar-refractivity contribution in [2.24, 2.45) is 0 Å². The van der Waals surface area contributed by atoms with Gasteiger partial charge in [0.25, 0.3) is 5.91 Å². The Bertz CT molecular complexity index is 850. The average molecular weight is 380 g/mol. The molecule has 0 radical (unpaired) electrons. The molecule has 1 aliphatic heterocycles. The monoisotopic (exact) mass is 380 g/mol. The Morgan fingerprint density at radius 3 is 2.18 bits per heavy atom. The number of nitrogens with zero attached hydrogens (tertiary/aromatic N) is 2. The minimum Gasteiger partial charge on any atom is -0.465 e. The van der Waals surface area contributed by atoms with E-state index in [2.05, 4.69) is 30.1 Å². The minimum atomic E-state index is -0.322. The van der Waals surface area contributed by atoms with E-state index in [0.717, 1.165) is 31.5 Å². The fraction of sp³-hybridized carbons (Fsp3) is 0.391. The zero-order valence-electron chi connectivity index (χ0n) is 17.1. The maximum Gasteiger partial charge on any atom is 0.337 e. The summed E-state index contributed by atoms with van der Waals surface area (Å²) in [6.45, 7) is 1.95. The van der Waals surface area contributed by atoms with Gasteiger partial charge in [0.1, 0.15) is 0 Å². The molecule has 0 atom stereocenters. The zero-order chi connectivity index (χ0) is 20.3. The minimum absolute atomic E-state index is 0.00309. The SMILES string of the molecule is COC(=O)c1cccc(C2(c3ccc(C(=O)N(C)C)cc3)CCN(C)CC2)c1. The number of hydrogen-bond donors (Lipinski definition) is 0. The van der Waals surface area contributed by atoms with E-state index in [4.69, 9.17) is 4.74 Å². The van der Waals surface area contributed by atoms with Crippen molar-refractivity contribution in [3.63, 3.8) is 0 Å². The second-order valence-corrected chi connectivity index (χ2v) is 7.73. The number of hydrogen-bond acceptors (Lipinski definition) is 4. The molecule has 1 aliphatic rings. The van der Waals surface area contributed by atoms with Gasteiger partial charge in [0, 0.05) is 25.1 Å². The maximum absolute atomic E-state index is 12.2. The number of carbonyl (C=O) groups is 2. The van der Waals surface area contributed by atoms with Crippen molar-refractivity contribution in [1.82, 2.24) is 9.80 Å². The van der Waals surface area contributed by atoms with Gasteiger partial charge in [-0.05, 0) is 68.4 Å². The molecule has 148 valence electrons. The third-order valence-electron chi connectivity index (χ3n) is 5.77. The zero-order valence-corrected chi connectivity index (χ0v) is 17.1. The number of rotatable bonds is 4. The van der Waals surface area contributed by atoms with E-state index < -0.39 is 0 Å². The van der Waals surface area contributed by atoms with Gasteiger partial charge in [-0.1, -0.05) is 24.3 Å². The summed E-state index contributed by atoms with van der Waals surface area (Å²) in [7, 11) is 7.05. The highest BCUT2D eigenvalue weighted by molar-refractivity contribution is 5.94. The van der Waals surface area contributed by atoms with Crippen LogP contribution in [0.1, 0.15) is 44.7 Å². The van der Waals surface area contributed by atoms with E-state index in [1.807, 2.05) is 24.3 Å². The molecule has 0 bridgehead atoms. The maximum atomic E-state index is 12.2. The summed E-state index contributed by atoms with van der Waals surface area (Å²) in [6.07, 6.45) is 1.91. The van der Waals surface area contributed by atoms with E-state index in [-0.39, 0.29) is 17.3 Å². The van der Waals surface area contributed by atoms with Crippen molar-refractivity contribution in [1.29, 1.82) is 0 Å². The average Bonchev–Trinajstić information content (AvgIpc) is 2.73. The lowest BCUT2D eigenvalue weighted by molar-refractivity contribution is 0.0600. The van der Waals surface area contributed by atoms with Crippen LogP contribution in [0.2, 0.25) is 0 Å². The predicted octanol–water partition coefficient (Wildman–Crippen LogP) is 3.19. The molecule has 0 aromatic heterocycles. The standard InChI is InChI=1S/C23H28N2O3/c1-24(2)21(26)17-8-10-19(11-9-17)23(12-14-25(3)15-13-23)20-7-5-6-18(16-20)22(27)28-4/h5-11,16H,12-15H2,1-4H3. The van der Waals surface area contributed by atoms with Crippen LogP contribution in [-0.4, -0.2) is 63.0 Å². The largest absolute Gasteiger partial charge is 0.465 e. The van der Waals surface area contributed by atoms with Crippen molar-refractivity contribution < 1.29 is 14.3 Å². The summed E-state index contributed by atoms with van der Waals surface area (Å²) in [5, 5.41) is 0. The lowest BCUT2D eigenvalue weighted by atomic mass is 9.67. The third-order valence-corrected chi connectivity index (χ3v) is 5.77. The summed E-state index contributed by atoms with van der Waals surface area (Å²) in [4.78, 5) is 28.2. The van der Waals surface area contributed by atoms with Crippen molar-refractivity contribution in [2.75, 3.05) is 41.3 Å². The molecule has 0 aliphatic carbocycles. The molecular formula is C23H28N2O3. The highest BCUT2D eigenvalue weighted by atomic mass is 16.5. The van der Waals surface area contributed by atoms with Gasteiger partial charge < -0.3 is 14.5 Å². The van der Waals surface area contributed by atoms with E-state index in [0.29, 0.717) is 11.1 Å². The van der Waals surface area contributed by atoms with Crippen LogP contribution in [-0.2, 0) is 10.2 Å². The molecule has 3 rings (SSSR count). The Balaban J connectivity index is 2.04. The number of likely N-dealkylation sites (tertiary alicyclic amines) is 1. The van der Waals surface area contributed by atoms with Crippen molar-refractivity contribution in [3.05, 3.63) is 70.8 Å². The van der Waals surface area contributed by atoms with Crippen LogP contribution >= 0.6 is 0 Å². The number of ether oxygens (including phenoxy) is 1. The second-order valence-electron chi connectivity index (χ2n) is 7.73. The summed E-state index contributed by atoms with van der Waals surface area (Å²) in [5.41, 5.74) is 3.36. The van der Waals surface area contributed by atoms with Gasteiger partial charge >= 0.3 is 5.97 Å². The first-order chi connectivity index (χ1) is 13.4. The molecule has 0 unspecified atom stereocenters. The van der Waals surface area contributed by atoms with Crippen LogP contribution in [0.4, 0.5) is 0 Å². The molecule has 0 N–H and O–H groups in total. The number of carbonyl (C=O) groups excluding carboxylic acids is 2. The van der Waals surface area contributed by atoms with E-state index in [9.17, 15) is 9.59 Å². The Kier molecular flexibility index (Phi) is 5.84. The number of benzene rings is 2. The van der Waals surface area contributed by atoms with Gasteiger partial charge in [-0.15, -0.1) is 0 Å². The van der Waals surface area contributed by atoms with Gasteiger partial charge in [-0.25, -0.2) is 4.79 Å². The normalized spacial score (nSPS) is 16.4. The summed E-state index contributed by atoms with van der Waals surface area (Å²) >= 11 is 0. The van der Waals surface area contributed by atoms with Crippen LogP contribution in [0.25, 0.3) is 0 Å². The molecule has 5 nitrogen and oxygen atoms in total. The first-order valence-electron chi connectivity index (χ1n) is 9.57. The van der Waals surface area contributed by atoms with Crippen LogP contribution in [0.15, 0.2) is 48.5 Å². The molecule has 0 spiro atoms. The Morgan fingerprint density at radius 1 is 0.964 bits per heavy atom. The van der Waals surface area contributed by atoms with E-state index in [1.165, 1.54) is 12.7 Å². The second kappa shape index (κ2) is 8.15. The fourth-order valence-electron chi connectivity index (χ4n) is 4.00. The first kappa shape index (κ1) is 20.1. The number of methoxy groups -OCH3 is 1. The Morgan fingerprint density at radius 2 is 1.61 bits per heavy atom. The fourth-order valence-corrected chi connectivity index (χ4v) is 4.00. The van der Waals surface area contributed by atoms with Gasteiger partial charge in [0.2, 0.25) is 0 Å². The van der Waals surface area contributed by atoms with Crippen LogP contribution in [0.5, 0.6) is 0 Å². The highest BCUT2D eigenvalue weighted by Gasteiger charge is 2.37. The Labute approximate surface area is 166 Å². The Hall–Kier alpha value is -2.66. The summed E-state index contributed by atoms with van der Waals surface area (Å²) in [5.74, 6) is -0.325. The van der Waals surface area contributed by atoms with Gasteiger partial charge in [-0.2, -0.15) is 0 Å². The topological polar surface area (TPSA) is 49.9 Å². The lowest BCUT2D eigenvalue weighted by Crippen LogP contribution is -2.41. The number of esters is 1. The first-order valence-corrected chi connectivity index (χ1v) is 9.57. The molecule has 28 heavy (non-hydrogen) atoms. The lowest BCUT2D eigenvalue weighted by Gasteiger charge is -2.42. The number of amides is 1. The predicted molar refractivity (Wildman–Crippen MR) is 110 cm³/mol. The molecule has 2 aromatic rings. The van der Waals surface area contributed by atoms with Crippen LogP contribution in [0, 0.1) is 0 Å². The molecule has 1 saturated heterocycles. The molecule has 1 heterocycles. The number of piperidine rings is 1. The molecule has 5 heteroatoms. The van der Waals surface area contributed by atoms with Crippen molar-refractivity contribution >= 4 is 11.9 Å². The van der Waals surface area contributed by atoms with Gasteiger partial charge in [-0.3, -0.25) is 4.79 Å². The molecule has 0 saturated carbocycles. The van der Waals surface area contributed by atoms with Gasteiger partial charge in [0.15, 0.2) is 0 Å². The van der Waals surface area contributed by atoms with E-state index in [1.54, 1.807) is 25.1 Å².